The lowest BCUT2D eigenvalue weighted by molar-refractivity contribution is -0.118. The average molecular weight is 434 g/mol. The number of hydrogen-bond acceptors (Lipinski definition) is 7. The Balaban J connectivity index is 1.37. The topological polar surface area (TPSA) is 87.2 Å². The van der Waals surface area contributed by atoms with Crippen molar-refractivity contribution >= 4 is 40.6 Å². The third kappa shape index (κ3) is 7.41. The Bertz CT molecular complexity index is 801. The summed E-state index contributed by atoms with van der Waals surface area (Å²) >= 11 is 2.50. The Morgan fingerprint density at radius 3 is 2.55 bits per heavy atom. The molecule has 2 heterocycles. The highest BCUT2D eigenvalue weighted by atomic mass is 32.2. The summed E-state index contributed by atoms with van der Waals surface area (Å²) in [5.74, 6) is -0.0421. The summed E-state index contributed by atoms with van der Waals surface area (Å²) in [4.78, 5) is 26.8. The van der Waals surface area contributed by atoms with Gasteiger partial charge in [0.2, 0.25) is 10.9 Å². The van der Waals surface area contributed by atoms with E-state index in [-0.39, 0.29) is 22.6 Å². The minimum atomic E-state index is -0.292. The Morgan fingerprint density at radius 1 is 1.10 bits per heavy atom. The molecule has 1 saturated heterocycles. The van der Waals surface area contributed by atoms with Crippen LogP contribution in [-0.4, -0.2) is 58.8 Å². The molecule has 2 amide bonds. The fourth-order valence-electron chi connectivity index (χ4n) is 3.07. The Labute approximate surface area is 179 Å². The van der Waals surface area contributed by atoms with E-state index in [2.05, 4.69) is 25.7 Å². The van der Waals surface area contributed by atoms with Crippen molar-refractivity contribution in [2.45, 2.75) is 36.9 Å². The molecular weight excluding hydrogens is 406 g/mol. The van der Waals surface area contributed by atoms with E-state index >= 15 is 0 Å². The highest BCUT2D eigenvalue weighted by Crippen LogP contribution is 2.23. The van der Waals surface area contributed by atoms with E-state index in [1.54, 1.807) is 0 Å². The molecule has 1 aliphatic heterocycles. The van der Waals surface area contributed by atoms with Crippen LogP contribution in [0.25, 0.3) is 0 Å². The normalized spacial score (nSPS) is 14.9. The third-order valence-electron chi connectivity index (χ3n) is 4.69. The zero-order valence-electron chi connectivity index (χ0n) is 16.6. The molecule has 0 radical (unpaired) electrons. The van der Waals surface area contributed by atoms with Crippen LogP contribution >= 0.6 is 23.1 Å². The molecule has 2 aromatic rings. The van der Waals surface area contributed by atoms with Crippen LogP contribution in [-0.2, 0) is 4.79 Å². The monoisotopic (exact) mass is 433 g/mol. The molecule has 0 aliphatic carbocycles. The lowest BCUT2D eigenvalue weighted by Gasteiger charge is -2.19. The van der Waals surface area contributed by atoms with E-state index < -0.39 is 0 Å². The summed E-state index contributed by atoms with van der Waals surface area (Å²) in [6, 6.07) is 7.56. The van der Waals surface area contributed by atoms with E-state index in [4.69, 9.17) is 0 Å². The summed E-state index contributed by atoms with van der Waals surface area (Å²) in [5.41, 5.74) is 1.84. The zero-order chi connectivity index (χ0) is 20.5. The van der Waals surface area contributed by atoms with Crippen LogP contribution in [0.2, 0.25) is 0 Å². The van der Waals surface area contributed by atoms with Crippen LogP contribution in [0.4, 0.5) is 5.69 Å². The van der Waals surface area contributed by atoms with Crippen LogP contribution in [0, 0.1) is 6.92 Å². The summed E-state index contributed by atoms with van der Waals surface area (Å²) in [6.07, 6.45) is 5.13. The molecule has 0 spiro atoms. The SMILES string of the molecule is Cc1ccc(NC(=O)c2nnc(SCC(=O)NCCN3CCCCCC3)s2)cc1. The van der Waals surface area contributed by atoms with Crippen LogP contribution < -0.4 is 10.6 Å². The number of nitrogens with zero attached hydrogens (tertiary/aromatic N) is 3. The van der Waals surface area contributed by atoms with Gasteiger partial charge in [0.15, 0.2) is 4.34 Å². The van der Waals surface area contributed by atoms with Crippen LogP contribution in [0.15, 0.2) is 28.6 Å². The highest BCUT2D eigenvalue weighted by molar-refractivity contribution is 8.01. The zero-order valence-corrected chi connectivity index (χ0v) is 18.3. The number of rotatable bonds is 8. The number of carbonyl (C=O) groups is 2. The number of hydrogen-bond donors (Lipinski definition) is 2. The second-order valence-electron chi connectivity index (χ2n) is 7.09. The van der Waals surface area contributed by atoms with Crippen molar-refractivity contribution in [2.24, 2.45) is 0 Å². The number of carbonyl (C=O) groups excluding carboxylic acids is 2. The molecule has 1 aromatic carbocycles. The number of aryl methyl sites for hydroxylation is 1. The van der Waals surface area contributed by atoms with E-state index in [0.717, 1.165) is 25.2 Å². The quantitative estimate of drug-likeness (QED) is 0.622. The molecule has 156 valence electrons. The van der Waals surface area contributed by atoms with Crippen LogP contribution in [0.1, 0.15) is 41.0 Å². The molecular formula is C20H27N5O2S2. The van der Waals surface area contributed by atoms with Gasteiger partial charge in [-0.3, -0.25) is 9.59 Å². The molecule has 1 aromatic heterocycles. The smallest absolute Gasteiger partial charge is 0.286 e. The van der Waals surface area contributed by atoms with Crippen molar-refractivity contribution in [3.8, 4) is 0 Å². The lowest BCUT2D eigenvalue weighted by atomic mass is 10.2. The number of benzene rings is 1. The van der Waals surface area contributed by atoms with Gasteiger partial charge in [-0.2, -0.15) is 0 Å². The number of likely N-dealkylation sites (tertiary alicyclic amines) is 1. The number of anilines is 1. The minimum absolute atomic E-state index is 0.0225. The van der Waals surface area contributed by atoms with Gasteiger partial charge in [-0.05, 0) is 45.0 Å². The predicted molar refractivity (Wildman–Crippen MR) is 118 cm³/mol. The minimum Gasteiger partial charge on any atom is -0.354 e. The van der Waals surface area contributed by atoms with Gasteiger partial charge in [-0.25, -0.2) is 0 Å². The van der Waals surface area contributed by atoms with E-state index in [1.807, 2.05) is 31.2 Å². The maximum atomic E-state index is 12.3. The van der Waals surface area contributed by atoms with Crippen molar-refractivity contribution < 1.29 is 9.59 Å². The summed E-state index contributed by atoms with van der Waals surface area (Å²) in [7, 11) is 0. The first-order valence-corrected chi connectivity index (χ1v) is 11.7. The Morgan fingerprint density at radius 2 is 1.83 bits per heavy atom. The molecule has 2 N–H and O–H groups in total. The van der Waals surface area contributed by atoms with Gasteiger partial charge in [0.1, 0.15) is 0 Å². The molecule has 7 nitrogen and oxygen atoms in total. The maximum Gasteiger partial charge on any atom is 0.286 e. The molecule has 1 fully saturated rings. The van der Waals surface area contributed by atoms with Crippen LogP contribution in [0.5, 0.6) is 0 Å². The largest absolute Gasteiger partial charge is 0.354 e. The van der Waals surface area contributed by atoms with Crippen molar-refractivity contribution in [1.82, 2.24) is 20.4 Å². The first kappa shape index (κ1) is 21.7. The van der Waals surface area contributed by atoms with Gasteiger partial charge in [0.05, 0.1) is 5.75 Å². The van der Waals surface area contributed by atoms with Gasteiger partial charge in [-0.1, -0.05) is 53.6 Å². The molecule has 3 rings (SSSR count). The second kappa shape index (κ2) is 11.3. The number of nitrogens with one attached hydrogen (secondary N) is 2. The number of aromatic nitrogens is 2. The maximum absolute atomic E-state index is 12.3. The van der Waals surface area contributed by atoms with E-state index in [1.165, 1.54) is 48.8 Å². The molecule has 0 bridgehead atoms. The summed E-state index contributed by atoms with van der Waals surface area (Å²) < 4.78 is 0.613. The van der Waals surface area contributed by atoms with Crippen molar-refractivity contribution in [3.63, 3.8) is 0 Å². The van der Waals surface area contributed by atoms with Gasteiger partial charge in [0, 0.05) is 18.8 Å². The standard InChI is InChI=1S/C20H27N5O2S2/c1-15-6-8-16(9-7-15)22-18(27)19-23-24-20(29-19)28-14-17(26)21-10-13-25-11-4-2-3-5-12-25/h6-9H,2-5,10-14H2,1H3,(H,21,26)(H,22,27). The van der Waals surface area contributed by atoms with Gasteiger partial charge < -0.3 is 15.5 Å². The summed E-state index contributed by atoms with van der Waals surface area (Å²) in [5, 5.41) is 14.0. The molecule has 0 atom stereocenters. The summed E-state index contributed by atoms with van der Waals surface area (Å²) in [6.45, 7) is 5.81. The van der Waals surface area contributed by atoms with Crippen molar-refractivity contribution in [3.05, 3.63) is 34.8 Å². The van der Waals surface area contributed by atoms with Gasteiger partial charge in [0.25, 0.3) is 5.91 Å². The molecule has 0 unspecified atom stereocenters. The fraction of sp³-hybridized carbons (Fsp3) is 0.500. The first-order valence-electron chi connectivity index (χ1n) is 9.93. The third-order valence-corrected chi connectivity index (χ3v) is 6.74. The molecule has 9 heteroatoms. The highest BCUT2D eigenvalue weighted by Gasteiger charge is 2.15. The predicted octanol–water partition coefficient (Wildman–Crippen LogP) is 3.18. The fourth-order valence-corrected chi connectivity index (χ4v) is 4.65. The Kier molecular flexibility index (Phi) is 8.45. The lowest BCUT2D eigenvalue weighted by Crippen LogP contribution is -2.36. The molecule has 1 aliphatic rings. The van der Waals surface area contributed by atoms with Gasteiger partial charge >= 0.3 is 0 Å². The second-order valence-corrected chi connectivity index (χ2v) is 9.29. The van der Waals surface area contributed by atoms with Crippen molar-refractivity contribution in [1.29, 1.82) is 0 Å². The van der Waals surface area contributed by atoms with Crippen LogP contribution in [0.3, 0.4) is 0 Å². The number of amides is 2. The number of thioether (sulfide) groups is 1. The van der Waals surface area contributed by atoms with Crippen molar-refractivity contribution in [2.75, 3.05) is 37.2 Å². The van der Waals surface area contributed by atoms with E-state index in [9.17, 15) is 9.59 Å². The average Bonchev–Trinajstić information content (AvgIpc) is 3.05. The molecule has 29 heavy (non-hydrogen) atoms. The first-order chi connectivity index (χ1) is 14.1. The Hall–Kier alpha value is -1.97. The molecule has 0 saturated carbocycles. The van der Waals surface area contributed by atoms with Gasteiger partial charge in [-0.15, -0.1) is 10.2 Å². The van der Waals surface area contributed by atoms with E-state index in [0.29, 0.717) is 16.6 Å².